The van der Waals surface area contributed by atoms with E-state index in [1.807, 2.05) is 0 Å². The van der Waals surface area contributed by atoms with Gasteiger partial charge < -0.3 is 9.84 Å². The summed E-state index contributed by atoms with van der Waals surface area (Å²) in [5.74, 6) is 0. The van der Waals surface area contributed by atoms with Crippen molar-refractivity contribution < 1.29 is 14.6 Å². The van der Waals surface area contributed by atoms with E-state index in [1.54, 1.807) is 51.1 Å². The Balaban J connectivity index is 2.55. The number of benzene rings is 1. The van der Waals surface area contributed by atoms with Crippen LogP contribution in [0, 0.1) is 11.3 Å². The predicted molar refractivity (Wildman–Crippen MR) is 71.9 cm³/mol. The molecule has 1 aromatic carbocycles. The highest BCUT2D eigenvalue weighted by Gasteiger charge is 2.24. The van der Waals surface area contributed by atoms with Gasteiger partial charge in [-0.25, -0.2) is 4.79 Å². The molecule has 1 N–H and O–H groups in total. The minimum atomic E-state index is -1.39. The fraction of sp³-hybridized carbons (Fsp3) is 0.357. The van der Waals surface area contributed by atoms with Gasteiger partial charge in [0.2, 0.25) is 0 Å². The third-order valence-electron chi connectivity index (χ3n) is 2.56. The Morgan fingerprint density at radius 3 is 2.70 bits per heavy atom. The van der Waals surface area contributed by atoms with Crippen molar-refractivity contribution in [3.05, 3.63) is 30.0 Å². The van der Waals surface area contributed by atoms with Crippen molar-refractivity contribution in [2.75, 3.05) is 0 Å². The van der Waals surface area contributed by atoms with Gasteiger partial charge in [0.05, 0.1) is 5.52 Å². The Morgan fingerprint density at radius 1 is 1.45 bits per heavy atom. The number of nitriles is 1. The Kier molecular flexibility index (Phi) is 3.47. The van der Waals surface area contributed by atoms with Crippen LogP contribution < -0.4 is 0 Å². The number of aliphatic hydroxyl groups excluding tert-OH is 1. The number of carbonyl (C=O) groups excluding carboxylic acids is 1. The smallest absolute Gasteiger partial charge is 0.435 e. The fourth-order valence-corrected chi connectivity index (χ4v) is 1.80. The summed E-state index contributed by atoms with van der Waals surface area (Å²) >= 11 is 0. The van der Waals surface area contributed by atoms with Crippen LogP contribution in [0.25, 0.3) is 10.9 Å². The van der Waals surface area contributed by atoms with Gasteiger partial charge in [0.25, 0.3) is 0 Å². The normalized spacial score (nSPS) is 12.9. The molecule has 0 aliphatic heterocycles. The molecular formula is C14H15N3O3. The minimum absolute atomic E-state index is 0.147. The van der Waals surface area contributed by atoms with E-state index in [2.05, 4.69) is 5.10 Å². The Bertz CT molecular complexity index is 692. The first kappa shape index (κ1) is 14.0. The lowest BCUT2D eigenvalue weighted by Crippen LogP contribution is -2.27. The Morgan fingerprint density at radius 2 is 2.10 bits per heavy atom. The predicted octanol–water partition coefficient (Wildman–Crippen LogP) is 2.38. The monoisotopic (exact) mass is 273 g/mol. The maximum absolute atomic E-state index is 12.1. The molecule has 0 amide bonds. The third kappa shape index (κ3) is 2.63. The molecule has 6 nitrogen and oxygen atoms in total. The van der Waals surface area contributed by atoms with E-state index < -0.39 is 17.8 Å². The summed E-state index contributed by atoms with van der Waals surface area (Å²) in [5.41, 5.74) is -0.0157. The Hall–Kier alpha value is -2.39. The minimum Gasteiger partial charge on any atom is -0.442 e. The van der Waals surface area contributed by atoms with Crippen LogP contribution in [0.1, 0.15) is 32.6 Å². The fourth-order valence-electron chi connectivity index (χ4n) is 1.80. The van der Waals surface area contributed by atoms with Gasteiger partial charge in [0, 0.05) is 5.39 Å². The van der Waals surface area contributed by atoms with Crippen molar-refractivity contribution >= 4 is 17.0 Å². The van der Waals surface area contributed by atoms with Crippen molar-refractivity contribution in [1.82, 2.24) is 9.78 Å². The summed E-state index contributed by atoms with van der Waals surface area (Å²) in [6.45, 7) is 5.25. The van der Waals surface area contributed by atoms with Crippen molar-refractivity contribution in [1.29, 1.82) is 5.26 Å². The van der Waals surface area contributed by atoms with Gasteiger partial charge >= 0.3 is 6.09 Å². The number of para-hydroxylation sites is 1. The van der Waals surface area contributed by atoms with Crippen LogP contribution in [0.5, 0.6) is 0 Å². The zero-order valence-electron chi connectivity index (χ0n) is 11.5. The molecule has 1 atom stereocenters. The van der Waals surface area contributed by atoms with Gasteiger partial charge in [0.1, 0.15) is 17.4 Å². The first-order valence-corrected chi connectivity index (χ1v) is 6.12. The average molecular weight is 273 g/mol. The van der Waals surface area contributed by atoms with Gasteiger partial charge in [-0.1, -0.05) is 18.2 Å². The van der Waals surface area contributed by atoms with Crippen LogP contribution in [0.3, 0.4) is 0 Å². The zero-order valence-corrected chi connectivity index (χ0v) is 11.5. The van der Waals surface area contributed by atoms with Crippen LogP contribution in [0.15, 0.2) is 24.3 Å². The molecule has 0 fully saturated rings. The molecule has 0 saturated heterocycles. The summed E-state index contributed by atoms with van der Waals surface area (Å²) in [6, 6.07) is 8.57. The van der Waals surface area contributed by atoms with Crippen LogP contribution in [0.4, 0.5) is 4.79 Å². The zero-order chi connectivity index (χ0) is 14.9. The molecule has 0 bridgehead atoms. The topological polar surface area (TPSA) is 88.1 Å². The van der Waals surface area contributed by atoms with Crippen LogP contribution in [-0.2, 0) is 4.74 Å². The third-order valence-corrected chi connectivity index (χ3v) is 2.56. The number of nitrogens with zero attached hydrogens (tertiary/aromatic N) is 3. The first-order valence-electron chi connectivity index (χ1n) is 6.12. The van der Waals surface area contributed by atoms with E-state index in [-0.39, 0.29) is 5.69 Å². The maximum Gasteiger partial charge on any atom is 0.435 e. The molecule has 2 aromatic rings. The van der Waals surface area contributed by atoms with E-state index in [4.69, 9.17) is 10.00 Å². The van der Waals surface area contributed by atoms with Gasteiger partial charge in [-0.05, 0) is 26.8 Å². The summed E-state index contributed by atoms with van der Waals surface area (Å²) < 4.78 is 6.32. The lowest BCUT2D eigenvalue weighted by molar-refractivity contribution is 0.0520. The molecule has 20 heavy (non-hydrogen) atoms. The highest BCUT2D eigenvalue weighted by Crippen LogP contribution is 2.24. The highest BCUT2D eigenvalue weighted by molar-refractivity contribution is 5.90. The van der Waals surface area contributed by atoms with E-state index in [0.717, 1.165) is 4.68 Å². The highest BCUT2D eigenvalue weighted by atomic mass is 16.6. The van der Waals surface area contributed by atoms with Gasteiger partial charge in [0.15, 0.2) is 6.10 Å². The molecule has 1 heterocycles. The molecule has 0 spiro atoms. The standard InChI is InChI=1S/C14H15N3O3/c1-14(2,3)20-13(19)17-10-7-5-4-6-9(10)12(16-17)11(18)8-15/h4-7,11,18H,1-3H3. The number of aliphatic hydroxyl groups is 1. The quantitative estimate of drug-likeness (QED) is 0.806. The first-order chi connectivity index (χ1) is 9.33. The van der Waals surface area contributed by atoms with Crippen molar-refractivity contribution in [2.24, 2.45) is 0 Å². The van der Waals surface area contributed by atoms with Crippen molar-refractivity contribution in [3.8, 4) is 6.07 Å². The molecule has 104 valence electrons. The average Bonchev–Trinajstić information content (AvgIpc) is 2.75. The van der Waals surface area contributed by atoms with Crippen LogP contribution >= 0.6 is 0 Å². The number of carbonyl (C=O) groups is 1. The Labute approximate surface area is 116 Å². The largest absolute Gasteiger partial charge is 0.442 e. The van der Waals surface area contributed by atoms with E-state index >= 15 is 0 Å². The second kappa shape index (κ2) is 4.94. The summed E-state index contributed by atoms with van der Waals surface area (Å²) in [7, 11) is 0. The molecule has 1 unspecified atom stereocenters. The number of rotatable bonds is 1. The van der Waals surface area contributed by atoms with Gasteiger partial charge in [-0.15, -0.1) is 0 Å². The lowest BCUT2D eigenvalue weighted by atomic mass is 10.1. The van der Waals surface area contributed by atoms with Crippen LogP contribution in [0.2, 0.25) is 0 Å². The van der Waals surface area contributed by atoms with Crippen molar-refractivity contribution in [3.63, 3.8) is 0 Å². The molecule has 0 radical (unpaired) electrons. The second-order valence-electron chi connectivity index (χ2n) is 5.33. The molecule has 0 aliphatic rings. The summed E-state index contributed by atoms with van der Waals surface area (Å²) in [4.78, 5) is 12.1. The molecular weight excluding hydrogens is 258 g/mol. The molecule has 0 aliphatic carbocycles. The molecule has 6 heteroatoms. The molecule has 1 aromatic heterocycles. The summed E-state index contributed by atoms with van der Waals surface area (Å²) in [5, 5.41) is 23.0. The second-order valence-corrected chi connectivity index (χ2v) is 5.33. The maximum atomic E-state index is 12.1. The van der Waals surface area contributed by atoms with E-state index in [0.29, 0.717) is 10.9 Å². The SMILES string of the molecule is CC(C)(C)OC(=O)n1nc(C(O)C#N)c2ccccc21. The van der Waals surface area contributed by atoms with Crippen LogP contribution in [-0.4, -0.2) is 26.6 Å². The van der Waals surface area contributed by atoms with Gasteiger partial charge in [-0.3, -0.25) is 0 Å². The summed E-state index contributed by atoms with van der Waals surface area (Å²) in [6.07, 6.45) is -2.03. The molecule has 2 rings (SSSR count). The lowest BCUT2D eigenvalue weighted by Gasteiger charge is -2.19. The van der Waals surface area contributed by atoms with E-state index in [1.165, 1.54) is 0 Å². The number of aromatic nitrogens is 2. The number of ether oxygens (including phenoxy) is 1. The number of fused-ring (bicyclic) bond motifs is 1. The molecule has 0 saturated carbocycles. The number of hydrogen-bond donors (Lipinski definition) is 1. The van der Waals surface area contributed by atoms with E-state index in [9.17, 15) is 9.90 Å². The van der Waals surface area contributed by atoms with Gasteiger partial charge in [-0.2, -0.15) is 15.0 Å². The number of hydrogen-bond acceptors (Lipinski definition) is 5. The van der Waals surface area contributed by atoms with Crippen molar-refractivity contribution in [2.45, 2.75) is 32.5 Å².